The number of nitrogens with zero attached hydrogens (tertiary/aromatic N) is 2. The quantitative estimate of drug-likeness (QED) is 0.611. The van der Waals surface area contributed by atoms with Crippen LogP contribution in [0.25, 0.3) is 0 Å². The Balaban J connectivity index is 2.39. The number of hydrogen-bond donors (Lipinski definition) is 0. The predicted octanol–water partition coefficient (Wildman–Crippen LogP) is 2.19. The van der Waals surface area contributed by atoms with Crippen molar-refractivity contribution in [3.63, 3.8) is 0 Å². The van der Waals surface area contributed by atoms with E-state index in [1.165, 1.54) is 0 Å². The highest BCUT2D eigenvalue weighted by molar-refractivity contribution is 6.16. The summed E-state index contributed by atoms with van der Waals surface area (Å²) in [6.45, 7) is 4.28. The van der Waals surface area contributed by atoms with Gasteiger partial charge in [-0.2, -0.15) is 0 Å². The summed E-state index contributed by atoms with van der Waals surface area (Å²) < 4.78 is 5.44. The molecule has 0 radical (unpaired) electrons. The first kappa shape index (κ1) is 8.69. The second-order valence-electron chi connectivity index (χ2n) is 2.87. The van der Waals surface area contributed by atoms with Crippen LogP contribution in [0.3, 0.4) is 0 Å². The van der Waals surface area contributed by atoms with Crippen LogP contribution in [-0.2, 0) is 6.54 Å². The highest BCUT2D eigenvalue weighted by Gasteiger charge is 2.03. The van der Waals surface area contributed by atoms with Crippen molar-refractivity contribution in [3.8, 4) is 5.75 Å². The zero-order valence-corrected chi connectivity index (χ0v) is 7.68. The third-order valence-corrected chi connectivity index (χ3v) is 1.85. The SMILES string of the molecule is C=C1N=CC=NCc2ccccc2O1. The molecule has 0 amide bonds. The van der Waals surface area contributed by atoms with Crippen LogP contribution in [0.1, 0.15) is 5.56 Å². The number of rotatable bonds is 0. The summed E-state index contributed by atoms with van der Waals surface area (Å²) in [7, 11) is 0. The van der Waals surface area contributed by atoms with Gasteiger partial charge in [0.15, 0.2) is 0 Å². The smallest absolute Gasteiger partial charge is 0.211 e. The Hall–Kier alpha value is -1.90. The average Bonchev–Trinajstić information content (AvgIpc) is 2.27. The van der Waals surface area contributed by atoms with Gasteiger partial charge in [0.1, 0.15) is 5.75 Å². The lowest BCUT2D eigenvalue weighted by Gasteiger charge is -2.07. The Morgan fingerprint density at radius 2 is 2.07 bits per heavy atom. The van der Waals surface area contributed by atoms with Crippen LogP contribution in [0, 0.1) is 0 Å². The lowest BCUT2D eigenvalue weighted by atomic mass is 10.2. The molecule has 3 heteroatoms. The second kappa shape index (κ2) is 3.87. The minimum absolute atomic E-state index is 0.380. The van der Waals surface area contributed by atoms with Crippen molar-refractivity contribution in [2.75, 3.05) is 0 Å². The maximum Gasteiger partial charge on any atom is 0.211 e. The van der Waals surface area contributed by atoms with E-state index in [9.17, 15) is 0 Å². The van der Waals surface area contributed by atoms with E-state index in [1.807, 2.05) is 24.3 Å². The molecule has 0 saturated heterocycles. The van der Waals surface area contributed by atoms with Gasteiger partial charge in [0.2, 0.25) is 5.88 Å². The molecule has 1 aliphatic rings. The van der Waals surface area contributed by atoms with Gasteiger partial charge >= 0.3 is 0 Å². The Bertz CT molecular complexity index is 408. The van der Waals surface area contributed by atoms with Crippen LogP contribution in [0.2, 0.25) is 0 Å². The fourth-order valence-corrected chi connectivity index (χ4v) is 1.20. The Morgan fingerprint density at radius 1 is 1.21 bits per heavy atom. The van der Waals surface area contributed by atoms with Crippen LogP contribution >= 0.6 is 0 Å². The summed E-state index contributed by atoms with van der Waals surface area (Å²) in [5.41, 5.74) is 1.04. The molecule has 2 rings (SSSR count). The molecular formula is C11H10N2O. The third kappa shape index (κ3) is 1.88. The van der Waals surface area contributed by atoms with Crippen molar-refractivity contribution in [3.05, 3.63) is 42.3 Å². The molecule has 0 unspecified atom stereocenters. The molecule has 1 aromatic carbocycles. The van der Waals surface area contributed by atoms with Crippen LogP contribution in [0.15, 0.2) is 46.7 Å². The van der Waals surface area contributed by atoms with E-state index in [4.69, 9.17) is 4.74 Å². The second-order valence-corrected chi connectivity index (χ2v) is 2.87. The van der Waals surface area contributed by atoms with Gasteiger partial charge in [-0.05, 0) is 12.6 Å². The van der Waals surface area contributed by atoms with Crippen molar-refractivity contribution in [1.29, 1.82) is 0 Å². The predicted molar refractivity (Wildman–Crippen MR) is 56.9 cm³/mol. The van der Waals surface area contributed by atoms with E-state index < -0.39 is 0 Å². The molecule has 0 spiro atoms. The Morgan fingerprint density at radius 3 is 3.00 bits per heavy atom. The standard InChI is InChI=1S/C11H10N2O/c1-9-13-7-6-12-8-10-4-2-3-5-11(10)14-9/h2-7H,1,8H2. The van der Waals surface area contributed by atoms with E-state index in [2.05, 4.69) is 16.6 Å². The largest absolute Gasteiger partial charge is 0.439 e. The molecule has 0 aromatic heterocycles. The van der Waals surface area contributed by atoms with Crippen LogP contribution in [-0.4, -0.2) is 12.4 Å². The van der Waals surface area contributed by atoms with Crippen molar-refractivity contribution < 1.29 is 4.74 Å². The first-order valence-electron chi connectivity index (χ1n) is 4.33. The first-order chi connectivity index (χ1) is 6.86. The van der Waals surface area contributed by atoms with Gasteiger partial charge < -0.3 is 4.74 Å². The summed E-state index contributed by atoms with van der Waals surface area (Å²) >= 11 is 0. The van der Waals surface area contributed by atoms with Crippen molar-refractivity contribution in [1.82, 2.24) is 0 Å². The van der Waals surface area contributed by atoms with Crippen LogP contribution < -0.4 is 4.74 Å². The number of aliphatic imine (C=N–C) groups is 2. The molecule has 0 fully saturated rings. The zero-order valence-electron chi connectivity index (χ0n) is 7.68. The molecule has 70 valence electrons. The number of hydrogen-bond acceptors (Lipinski definition) is 3. The average molecular weight is 186 g/mol. The van der Waals surface area contributed by atoms with E-state index in [1.54, 1.807) is 12.4 Å². The fraction of sp³-hybridized carbons (Fsp3) is 0.0909. The van der Waals surface area contributed by atoms with Gasteiger partial charge in [0.05, 0.1) is 6.54 Å². The van der Waals surface area contributed by atoms with Gasteiger partial charge in [-0.3, -0.25) is 4.99 Å². The molecular weight excluding hydrogens is 176 g/mol. The molecule has 0 saturated carbocycles. The summed E-state index contributed by atoms with van der Waals surface area (Å²) in [6, 6.07) is 7.73. The highest BCUT2D eigenvalue weighted by atomic mass is 16.5. The normalized spacial score (nSPS) is 15.0. The van der Waals surface area contributed by atoms with Gasteiger partial charge in [0, 0.05) is 18.0 Å². The Kier molecular flexibility index (Phi) is 2.40. The topological polar surface area (TPSA) is 34.0 Å². The number of para-hydroxylation sites is 1. The minimum Gasteiger partial charge on any atom is -0.439 e. The summed E-state index contributed by atoms with van der Waals surface area (Å²) in [4.78, 5) is 8.12. The molecule has 0 bridgehead atoms. The molecule has 1 aliphatic heterocycles. The molecule has 14 heavy (non-hydrogen) atoms. The number of benzene rings is 1. The van der Waals surface area contributed by atoms with Gasteiger partial charge in [-0.1, -0.05) is 18.2 Å². The maximum atomic E-state index is 5.44. The number of ether oxygens (including phenoxy) is 1. The van der Waals surface area contributed by atoms with Crippen LogP contribution in [0.4, 0.5) is 0 Å². The number of fused-ring (bicyclic) bond motifs is 1. The molecule has 1 aromatic rings. The first-order valence-corrected chi connectivity index (χ1v) is 4.33. The van der Waals surface area contributed by atoms with Gasteiger partial charge in [-0.15, -0.1) is 0 Å². The monoisotopic (exact) mass is 186 g/mol. The Labute approximate surface area is 82.5 Å². The minimum atomic E-state index is 0.380. The lowest BCUT2D eigenvalue weighted by Crippen LogP contribution is -1.93. The van der Waals surface area contributed by atoms with Gasteiger partial charge in [-0.25, -0.2) is 4.99 Å². The zero-order chi connectivity index (χ0) is 9.80. The molecule has 0 N–H and O–H groups in total. The van der Waals surface area contributed by atoms with Crippen molar-refractivity contribution >= 4 is 12.4 Å². The lowest BCUT2D eigenvalue weighted by molar-refractivity contribution is 0.420. The molecule has 0 atom stereocenters. The van der Waals surface area contributed by atoms with Crippen LogP contribution in [0.5, 0.6) is 5.75 Å². The molecule has 3 nitrogen and oxygen atoms in total. The third-order valence-electron chi connectivity index (χ3n) is 1.85. The maximum absolute atomic E-state index is 5.44. The highest BCUT2D eigenvalue weighted by Crippen LogP contribution is 2.21. The fourth-order valence-electron chi connectivity index (χ4n) is 1.20. The van der Waals surface area contributed by atoms with E-state index in [0.29, 0.717) is 12.4 Å². The molecule has 1 heterocycles. The van der Waals surface area contributed by atoms with Crippen molar-refractivity contribution in [2.24, 2.45) is 9.98 Å². The van der Waals surface area contributed by atoms with Gasteiger partial charge in [0.25, 0.3) is 0 Å². The van der Waals surface area contributed by atoms with Crippen molar-refractivity contribution in [2.45, 2.75) is 6.54 Å². The van der Waals surface area contributed by atoms with E-state index in [0.717, 1.165) is 11.3 Å². The molecule has 0 aliphatic carbocycles. The summed E-state index contributed by atoms with van der Waals surface area (Å²) in [5, 5.41) is 0. The summed E-state index contributed by atoms with van der Waals surface area (Å²) in [6.07, 6.45) is 3.23. The van der Waals surface area contributed by atoms with E-state index >= 15 is 0 Å². The van der Waals surface area contributed by atoms with E-state index in [-0.39, 0.29) is 0 Å². The summed E-state index contributed by atoms with van der Waals surface area (Å²) in [5.74, 6) is 1.15.